The molecule has 1 saturated carbocycles. The van der Waals surface area contributed by atoms with Gasteiger partial charge in [-0.15, -0.1) is 0 Å². The summed E-state index contributed by atoms with van der Waals surface area (Å²) in [5.74, 6) is 0.798. The van der Waals surface area contributed by atoms with Gasteiger partial charge in [0.2, 0.25) is 11.8 Å². The molecule has 172 valence electrons. The second-order valence-electron chi connectivity index (χ2n) is 8.93. The highest BCUT2D eigenvalue weighted by Gasteiger charge is 2.16. The fourth-order valence-corrected chi connectivity index (χ4v) is 4.58. The van der Waals surface area contributed by atoms with Gasteiger partial charge in [0.1, 0.15) is 5.82 Å². The Morgan fingerprint density at radius 2 is 1.75 bits per heavy atom. The third-order valence-corrected chi connectivity index (χ3v) is 6.42. The molecule has 0 radical (unpaired) electrons. The first-order valence-electron chi connectivity index (χ1n) is 11.9. The van der Waals surface area contributed by atoms with Gasteiger partial charge in [-0.1, -0.05) is 25.7 Å². The quantitative estimate of drug-likeness (QED) is 0.668. The van der Waals surface area contributed by atoms with Crippen molar-refractivity contribution >= 4 is 34.2 Å². The Kier molecular flexibility index (Phi) is 7.58. The van der Waals surface area contributed by atoms with E-state index in [4.69, 9.17) is 9.72 Å². The van der Waals surface area contributed by atoms with Crippen molar-refractivity contribution in [1.82, 2.24) is 10.3 Å². The van der Waals surface area contributed by atoms with Crippen LogP contribution in [0.25, 0.3) is 10.9 Å². The monoisotopic (exact) mass is 438 g/mol. The molecule has 2 heterocycles. The Hall–Kier alpha value is -2.67. The highest BCUT2D eigenvalue weighted by atomic mass is 16.5. The molecule has 0 atom stereocenters. The fraction of sp³-hybridized carbons (Fsp3) is 0.560. The summed E-state index contributed by atoms with van der Waals surface area (Å²) >= 11 is 0. The van der Waals surface area contributed by atoms with Crippen molar-refractivity contribution in [3.63, 3.8) is 0 Å². The summed E-state index contributed by atoms with van der Waals surface area (Å²) in [5, 5.41) is 7.06. The Morgan fingerprint density at radius 1 is 1.03 bits per heavy atom. The molecule has 0 unspecified atom stereocenters. The lowest BCUT2D eigenvalue weighted by Gasteiger charge is -2.28. The van der Waals surface area contributed by atoms with Crippen LogP contribution in [-0.4, -0.2) is 49.1 Å². The molecule has 1 aromatic heterocycles. The van der Waals surface area contributed by atoms with Crippen molar-refractivity contribution in [2.45, 2.75) is 64.3 Å². The van der Waals surface area contributed by atoms with Gasteiger partial charge in [0.25, 0.3) is 0 Å². The van der Waals surface area contributed by atoms with E-state index in [1.807, 2.05) is 18.2 Å². The number of carbonyl (C=O) groups excluding carboxylic acids is 2. The van der Waals surface area contributed by atoms with Crippen LogP contribution in [0.1, 0.15) is 56.9 Å². The molecular formula is C25H34N4O3. The molecule has 1 saturated heterocycles. The minimum Gasteiger partial charge on any atom is -0.378 e. The van der Waals surface area contributed by atoms with Crippen molar-refractivity contribution in [3.8, 4) is 0 Å². The van der Waals surface area contributed by atoms with Crippen LogP contribution in [0.15, 0.2) is 24.3 Å². The van der Waals surface area contributed by atoms with Crippen molar-refractivity contribution in [1.29, 1.82) is 0 Å². The van der Waals surface area contributed by atoms with Gasteiger partial charge in [0.05, 0.1) is 18.7 Å². The van der Waals surface area contributed by atoms with Crippen LogP contribution in [0.3, 0.4) is 0 Å². The Balaban J connectivity index is 1.32. The average Bonchev–Trinajstić information content (AvgIpc) is 3.07. The predicted molar refractivity (Wildman–Crippen MR) is 127 cm³/mol. The molecule has 2 N–H and O–H groups in total. The molecule has 2 amide bonds. The van der Waals surface area contributed by atoms with E-state index in [0.29, 0.717) is 0 Å². The Bertz CT molecular complexity index is 948. The summed E-state index contributed by atoms with van der Waals surface area (Å²) in [7, 11) is 0. The summed E-state index contributed by atoms with van der Waals surface area (Å²) in [6, 6.07) is 8.15. The van der Waals surface area contributed by atoms with Gasteiger partial charge in [-0.2, -0.15) is 0 Å². The number of fused-ring (bicyclic) bond motifs is 1. The van der Waals surface area contributed by atoms with Crippen molar-refractivity contribution in [2.24, 2.45) is 0 Å². The second-order valence-corrected chi connectivity index (χ2v) is 8.93. The van der Waals surface area contributed by atoms with E-state index in [0.717, 1.165) is 67.1 Å². The topological polar surface area (TPSA) is 83.6 Å². The van der Waals surface area contributed by atoms with E-state index in [-0.39, 0.29) is 30.7 Å². The van der Waals surface area contributed by atoms with Crippen LogP contribution >= 0.6 is 0 Å². The number of amides is 2. The van der Waals surface area contributed by atoms with E-state index >= 15 is 0 Å². The number of carbonyl (C=O) groups is 2. The van der Waals surface area contributed by atoms with E-state index in [2.05, 4.69) is 28.5 Å². The van der Waals surface area contributed by atoms with Crippen molar-refractivity contribution in [2.75, 3.05) is 36.5 Å². The van der Waals surface area contributed by atoms with E-state index < -0.39 is 0 Å². The van der Waals surface area contributed by atoms with Gasteiger partial charge in [-0.05, 0) is 49.6 Å². The minimum atomic E-state index is -0.143. The first-order chi connectivity index (χ1) is 15.6. The maximum atomic E-state index is 12.4. The molecule has 7 nitrogen and oxygen atoms in total. The predicted octanol–water partition coefficient (Wildman–Crippen LogP) is 3.94. The largest absolute Gasteiger partial charge is 0.378 e. The zero-order valence-electron chi connectivity index (χ0n) is 19.0. The molecule has 32 heavy (non-hydrogen) atoms. The number of hydrogen-bond acceptors (Lipinski definition) is 5. The Morgan fingerprint density at radius 3 is 2.50 bits per heavy atom. The summed E-state index contributed by atoms with van der Waals surface area (Å²) in [6.45, 7) is 5.21. The van der Waals surface area contributed by atoms with Crippen LogP contribution in [0, 0.1) is 6.92 Å². The zero-order chi connectivity index (χ0) is 22.3. The van der Waals surface area contributed by atoms with Gasteiger partial charge in [-0.3, -0.25) is 9.59 Å². The van der Waals surface area contributed by atoms with Gasteiger partial charge < -0.3 is 20.3 Å². The maximum absolute atomic E-state index is 12.4. The molecule has 2 fully saturated rings. The number of hydrogen-bond donors (Lipinski definition) is 2. The van der Waals surface area contributed by atoms with Crippen LogP contribution in [0.4, 0.5) is 11.5 Å². The fourth-order valence-electron chi connectivity index (χ4n) is 4.58. The molecular weight excluding hydrogens is 404 g/mol. The molecule has 7 heteroatoms. The number of anilines is 2. The van der Waals surface area contributed by atoms with Gasteiger partial charge in [-0.25, -0.2) is 4.98 Å². The highest BCUT2D eigenvalue weighted by Crippen LogP contribution is 2.26. The van der Waals surface area contributed by atoms with Crippen LogP contribution in [0.2, 0.25) is 0 Å². The lowest BCUT2D eigenvalue weighted by molar-refractivity contribution is -0.124. The zero-order valence-corrected chi connectivity index (χ0v) is 19.0. The third-order valence-electron chi connectivity index (χ3n) is 6.42. The first-order valence-corrected chi connectivity index (χ1v) is 11.9. The van der Waals surface area contributed by atoms with Gasteiger partial charge in [0.15, 0.2) is 0 Å². The SMILES string of the molecule is Cc1cc(N2CCOCC2)nc2ccc(NC(=O)CCC(=O)NC3CCCCCC3)cc12. The second kappa shape index (κ2) is 10.8. The van der Waals surface area contributed by atoms with Crippen LogP contribution < -0.4 is 15.5 Å². The summed E-state index contributed by atoms with van der Waals surface area (Å²) in [4.78, 5) is 31.7. The lowest BCUT2D eigenvalue weighted by Crippen LogP contribution is -2.36. The van der Waals surface area contributed by atoms with Crippen molar-refractivity contribution < 1.29 is 14.3 Å². The number of nitrogens with one attached hydrogen (secondary N) is 2. The summed E-state index contributed by atoms with van der Waals surface area (Å²) < 4.78 is 5.43. The maximum Gasteiger partial charge on any atom is 0.224 e. The van der Waals surface area contributed by atoms with Crippen LogP contribution in [-0.2, 0) is 14.3 Å². The summed E-state index contributed by atoms with van der Waals surface area (Å²) in [5.41, 5.74) is 2.76. The smallest absolute Gasteiger partial charge is 0.224 e. The molecule has 1 aromatic carbocycles. The number of morpholine rings is 1. The molecule has 4 rings (SSSR count). The molecule has 0 spiro atoms. The Labute approximate surface area is 189 Å². The highest BCUT2D eigenvalue weighted by molar-refractivity contribution is 5.96. The summed E-state index contributed by atoms with van der Waals surface area (Å²) in [6.07, 6.45) is 7.37. The standard InChI is InChI=1S/C25H34N4O3/c1-18-16-23(29-12-14-32-15-13-29)28-22-9-8-20(17-21(18)22)27-25(31)11-10-24(30)26-19-6-4-2-3-5-7-19/h8-9,16-17,19H,2-7,10-15H2,1H3,(H,26,30)(H,27,31). The number of benzene rings is 1. The molecule has 1 aliphatic heterocycles. The lowest BCUT2D eigenvalue weighted by atomic mass is 10.1. The molecule has 2 aromatic rings. The van der Waals surface area contributed by atoms with Crippen molar-refractivity contribution in [3.05, 3.63) is 29.8 Å². The number of nitrogens with zero attached hydrogens (tertiary/aromatic N) is 2. The number of ether oxygens (including phenoxy) is 1. The average molecular weight is 439 g/mol. The number of aromatic nitrogens is 1. The minimum absolute atomic E-state index is 0.0266. The first kappa shape index (κ1) is 22.5. The normalized spacial score (nSPS) is 17.7. The number of pyridine rings is 1. The van der Waals surface area contributed by atoms with E-state index in [9.17, 15) is 9.59 Å². The van der Waals surface area contributed by atoms with Crippen LogP contribution in [0.5, 0.6) is 0 Å². The van der Waals surface area contributed by atoms with E-state index in [1.54, 1.807) is 0 Å². The van der Waals surface area contributed by atoms with Gasteiger partial charge >= 0.3 is 0 Å². The number of aryl methyl sites for hydroxylation is 1. The molecule has 0 bridgehead atoms. The van der Waals surface area contributed by atoms with Gasteiger partial charge in [0, 0.05) is 43.0 Å². The molecule has 1 aliphatic carbocycles. The number of rotatable bonds is 6. The van der Waals surface area contributed by atoms with E-state index in [1.165, 1.54) is 25.7 Å². The third kappa shape index (κ3) is 5.97. The molecule has 2 aliphatic rings.